The number of nitrogens with zero attached hydrogens (tertiary/aromatic N) is 1. The molecule has 0 spiro atoms. The lowest BCUT2D eigenvalue weighted by Gasteiger charge is -2.11. The molecule has 1 aromatic heterocycles. The van der Waals surface area contributed by atoms with Crippen LogP contribution in [0, 0.1) is 5.92 Å². The van der Waals surface area contributed by atoms with Gasteiger partial charge in [-0.15, -0.1) is 12.6 Å². The summed E-state index contributed by atoms with van der Waals surface area (Å²) in [6.45, 7) is 2.08. The standard InChI is InChI=1S/C11H15NOS/c1-2-4-10(11(13)14)7-9-5-3-6-12-8-9/h3,5-6,8,10H,2,4,7H2,1H3,(H,13,14)/t10-/m0/s1. The van der Waals surface area contributed by atoms with Crippen LogP contribution in [0.25, 0.3) is 0 Å². The van der Waals surface area contributed by atoms with Crippen molar-refractivity contribution in [2.24, 2.45) is 5.92 Å². The number of rotatable bonds is 5. The number of carbonyl (C=O) groups is 1. The Morgan fingerprint density at radius 2 is 2.43 bits per heavy atom. The Morgan fingerprint density at radius 1 is 1.64 bits per heavy atom. The molecule has 0 saturated heterocycles. The van der Waals surface area contributed by atoms with Gasteiger partial charge in [0.05, 0.1) is 0 Å². The summed E-state index contributed by atoms with van der Waals surface area (Å²) < 4.78 is 0. The van der Waals surface area contributed by atoms with Gasteiger partial charge in [-0.1, -0.05) is 19.4 Å². The second-order valence-electron chi connectivity index (χ2n) is 3.39. The zero-order chi connectivity index (χ0) is 10.4. The van der Waals surface area contributed by atoms with Crippen LogP contribution in [-0.2, 0) is 11.2 Å². The smallest absolute Gasteiger partial charge is 0.189 e. The molecule has 14 heavy (non-hydrogen) atoms. The van der Waals surface area contributed by atoms with Gasteiger partial charge in [-0.2, -0.15) is 0 Å². The summed E-state index contributed by atoms with van der Waals surface area (Å²) in [5, 5.41) is -0.0179. The van der Waals surface area contributed by atoms with E-state index in [1.807, 2.05) is 12.1 Å². The third-order valence-corrected chi connectivity index (χ3v) is 2.56. The highest BCUT2D eigenvalue weighted by molar-refractivity contribution is 7.96. The molecule has 0 aliphatic heterocycles. The van der Waals surface area contributed by atoms with Crippen LogP contribution in [0.15, 0.2) is 24.5 Å². The van der Waals surface area contributed by atoms with Crippen LogP contribution in [0.4, 0.5) is 0 Å². The normalized spacial score (nSPS) is 12.4. The van der Waals surface area contributed by atoms with E-state index < -0.39 is 0 Å². The fourth-order valence-corrected chi connectivity index (χ4v) is 1.69. The van der Waals surface area contributed by atoms with Crippen LogP contribution < -0.4 is 0 Å². The summed E-state index contributed by atoms with van der Waals surface area (Å²) in [4.78, 5) is 15.2. The molecule has 0 radical (unpaired) electrons. The number of pyridine rings is 1. The Labute approximate surface area is 90.2 Å². The van der Waals surface area contributed by atoms with E-state index in [1.165, 1.54) is 0 Å². The van der Waals surface area contributed by atoms with E-state index in [4.69, 9.17) is 0 Å². The number of hydrogen-bond donors (Lipinski definition) is 1. The maximum atomic E-state index is 11.2. The predicted octanol–water partition coefficient (Wildman–Crippen LogP) is 2.50. The van der Waals surface area contributed by atoms with E-state index >= 15 is 0 Å². The van der Waals surface area contributed by atoms with Crippen molar-refractivity contribution in [2.75, 3.05) is 0 Å². The fraction of sp³-hybridized carbons (Fsp3) is 0.455. The molecule has 1 aromatic rings. The summed E-state index contributed by atoms with van der Waals surface area (Å²) in [6.07, 6.45) is 6.21. The molecule has 0 saturated carbocycles. The van der Waals surface area contributed by atoms with Gasteiger partial charge in [0.1, 0.15) is 0 Å². The number of aromatic nitrogens is 1. The fourth-order valence-electron chi connectivity index (χ4n) is 1.46. The van der Waals surface area contributed by atoms with Crippen LogP contribution in [0.5, 0.6) is 0 Å². The van der Waals surface area contributed by atoms with Gasteiger partial charge < -0.3 is 0 Å². The predicted molar refractivity (Wildman–Crippen MR) is 60.3 cm³/mol. The highest BCUT2D eigenvalue weighted by Gasteiger charge is 2.14. The molecule has 0 N–H and O–H groups in total. The Kier molecular flexibility index (Phi) is 4.66. The minimum atomic E-state index is -0.0179. The van der Waals surface area contributed by atoms with E-state index in [1.54, 1.807) is 12.4 Å². The quantitative estimate of drug-likeness (QED) is 0.755. The van der Waals surface area contributed by atoms with Crippen LogP contribution in [-0.4, -0.2) is 10.1 Å². The van der Waals surface area contributed by atoms with Gasteiger partial charge in [0.25, 0.3) is 0 Å². The van der Waals surface area contributed by atoms with Crippen LogP contribution in [0.1, 0.15) is 25.3 Å². The molecule has 3 heteroatoms. The number of carbonyl (C=O) groups excluding carboxylic acids is 1. The molecule has 0 amide bonds. The van der Waals surface area contributed by atoms with Gasteiger partial charge in [0.2, 0.25) is 0 Å². The number of hydrogen-bond acceptors (Lipinski definition) is 2. The first kappa shape index (κ1) is 11.2. The highest BCUT2D eigenvalue weighted by atomic mass is 32.1. The summed E-state index contributed by atoms with van der Waals surface area (Å²) in [5.74, 6) is 0.0348. The Bertz CT molecular complexity index is 287. The first-order valence-electron chi connectivity index (χ1n) is 4.85. The third-order valence-electron chi connectivity index (χ3n) is 2.19. The maximum Gasteiger partial charge on any atom is 0.189 e. The second kappa shape index (κ2) is 5.81. The highest BCUT2D eigenvalue weighted by Crippen LogP contribution is 2.15. The molecule has 0 aliphatic rings. The van der Waals surface area contributed by atoms with Gasteiger partial charge in [0.15, 0.2) is 5.12 Å². The molecule has 2 nitrogen and oxygen atoms in total. The lowest BCUT2D eigenvalue weighted by Crippen LogP contribution is -2.11. The van der Waals surface area contributed by atoms with Crippen LogP contribution in [0.2, 0.25) is 0 Å². The summed E-state index contributed by atoms with van der Waals surface area (Å²) in [7, 11) is 0. The minimum absolute atomic E-state index is 0.0179. The van der Waals surface area contributed by atoms with Crippen molar-refractivity contribution in [3.8, 4) is 0 Å². The van der Waals surface area contributed by atoms with Crippen molar-refractivity contribution >= 4 is 17.7 Å². The first-order chi connectivity index (χ1) is 6.74. The molecule has 76 valence electrons. The topological polar surface area (TPSA) is 30.0 Å². The minimum Gasteiger partial charge on any atom is -0.287 e. The molecule has 0 bridgehead atoms. The zero-order valence-electron chi connectivity index (χ0n) is 8.31. The second-order valence-corrected chi connectivity index (χ2v) is 3.83. The SMILES string of the molecule is CCC[C@@H](Cc1cccnc1)C(=O)S. The summed E-state index contributed by atoms with van der Waals surface area (Å²) in [6, 6.07) is 3.88. The average Bonchev–Trinajstić information content (AvgIpc) is 2.18. The lowest BCUT2D eigenvalue weighted by atomic mass is 9.97. The molecule has 0 aromatic carbocycles. The summed E-state index contributed by atoms with van der Waals surface area (Å²) in [5.41, 5.74) is 1.10. The number of thiol groups is 1. The van der Waals surface area contributed by atoms with Crippen molar-refractivity contribution in [1.82, 2.24) is 4.98 Å². The molecule has 0 unspecified atom stereocenters. The van der Waals surface area contributed by atoms with Crippen LogP contribution >= 0.6 is 12.6 Å². The Morgan fingerprint density at radius 3 is 2.93 bits per heavy atom. The van der Waals surface area contributed by atoms with Crippen LogP contribution in [0.3, 0.4) is 0 Å². The van der Waals surface area contributed by atoms with E-state index in [2.05, 4.69) is 24.5 Å². The molecular formula is C11H15NOS. The van der Waals surface area contributed by atoms with Crippen molar-refractivity contribution in [2.45, 2.75) is 26.2 Å². The van der Waals surface area contributed by atoms with Crippen molar-refractivity contribution in [1.29, 1.82) is 0 Å². The molecule has 1 atom stereocenters. The maximum absolute atomic E-state index is 11.2. The van der Waals surface area contributed by atoms with E-state index in [0.29, 0.717) is 0 Å². The monoisotopic (exact) mass is 209 g/mol. The van der Waals surface area contributed by atoms with Gasteiger partial charge in [-0.25, -0.2) is 0 Å². The molecular weight excluding hydrogens is 194 g/mol. The van der Waals surface area contributed by atoms with E-state index in [-0.39, 0.29) is 11.0 Å². The molecule has 0 aliphatic carbocycles. The molecule has 1 rings (SSSR count). The van der Waals surface area contributed by atoms with Gasteiger partial charge in [0, 0.05) is 18.3 Å². The van der Waals surface area contributed by atoms with Crippen molar-refractivity contribution < 1.29 is 4.79 Å². The lowest BCUT2D eigenvalue weighted by molar-refractivity contribution is -0.114. The zero-order valence-corrected chi connectivity index (χ0v) is 9.21. The molecule has 1 heterocycles. The van der Waals surface area contributed by atoms with E-state index in [9.17, 15) is 4.79 Å². The Balaban J connectivity index is 2.60. The van der Waals surface area contributed by atoms with E-state index in [0.717, 1.165) is 24.8 Å². The summed E-state index contributed by atoms with van der Waals surface area (Å²) >= 11 is 3.90. The van der Waals surface area contributed by atoms with Gasteiger partial charge in [-0.3, -0.25) is 9.78 Å². The Hall–Kier alpha value is -0.830. The van der Waals surface area contributed by atoms with Crippen molar-refractivity contribution in [3.63, 3.8) is 0 Å². The molecule has 0 fully saturated rings. The van der Waals surface area contributed by atoms with Gasteiger partial charge >= 0.3 is 0 Å². The van der Waals surface area contributed by atoms with Gasteiger partial charge in [-0.05, 0) is 24.5 Å². The average molecular weight is 209 g/mol. The largest absolute Gasteiger partial charge is 0.287 e. The first-order valence-corrected chi connectivity index (χ1v) is 5.30. The van der Waals surface area contributed by atoms with Crippen molar-refractivity contribution in [3.05, 3.63) is 30.1 Å². The third kappa shape index (κ3) is 3.50.